The largest absolute Gasteiger partial charge is 0.490 e. The van der Waals surface area contributed by atoms with Crippen molar-refractivity contribution in [3.63, 3.8) is 0 Å². The third-order valence-corrected chi connectivity index (χ3v) is 4.56. The van der Waals surface area contributed by atoms with Crippen LogP contribution in [0, 0.1) is 11.3 Å². The molecular weight excluding hydrogens is 386 g/mol. The summed E-state index contributed by atoms with van der Waals surface area (Å²) in [7, 11) is 1.58. The molecule has 0 aliphatic rings. The van der Waals surface area contributed by atoms with Gasteiger partial charge in [-0.1, -0.05) is 0 Å². The second-order valence-corrected chi connectivity index (χ2v) is 6.42. The minimum Gasteiger partial charge on any atom is -0.490 e. The topological polar surface area (TPSA) is 107 Å². The predicted octanol–water partition coefficient (Wildman–Crippen LogP) is 4.40. The van der Waals surface area contributed by atoms with E-state index in [1.165, 1.54) is 6.20 Å². The Morgan fingerprint density at radius 1 is 1.17 bits per heavy atom. The number of ether oxygens (including phenoxy) is 3. The van der Waals surface area contributed by atoms with Crippen molar-refractivity contribution in [2.75, 3.05) is 20.3 Å². The first-order valence-electron chi connectivity index (χ1n) is 9.07. The number of carboxylic acid groups (broad SMARTS) is 1. The van der Waals surface area contributed by atoms with Gasteiger partial charge in [-0.2, -0.15) is 5.26 Å². The van der Waals surface area contributed by atoms with E-state index < -0.39 is 6.09 Å². The maximum Gasteiger partial charge on any atom is 0.415 e. The smallest absolute Gasteiger partial charge is 0.415 e. The first kappa shape index (κ1) is 19.2. The highest BCUT2D eigenvalue weighted by Crippen LogP contribution is 2.34. The number of fused-ring (bicyclic) bond motifs is 2. The fraction of sp³-hybridized carbons (Fsp3) is 0.136. The van der Waals surface area contributed by atoms with Crippen LogP contribution in [0.1, 0.15) is 5.56 Å². The zero-order valence-electron chi connectivity index (χ0n) is 16.0. The summed E-state index contributed by atoms with van der Waals surface area (Å²) in [5, 5.41) is 20.1. The van der Waals surface area contributed by atoms with Crippen LogP contribution < -0.4 is 9.47 Å². The first-order valence-corrected chi connectivity index (χ1v) is 9.07. The molecule has 150 valence electrons. The fourth-order valence-electron chi connectivity index (χ4n) is 3.16. The van der Waals surface area contributed by atoms with Crippen molar-refractivity contribution in [2.24, 2.45) is 0 Å². The minimum absolute atomic E-state index is 0.322. The molecule has 4 aromatic rings. The molecule has 2 aromatic heterocycles. The highest BCUT2D eigenvalue weighted by atomic mass is 16.5. The summed E-state index contributed by atoms with van der Waals surface area (Å²) in [6.07, 6.45) is 2.05. The number of benzene rings is 2. The molecule has 2 aromatic carbocycles. The molecule has 0 bridgehead atoms. The Morgan fingerprint density at radius 2 is 2.03 bits per heavy atom. The number of pyridine rings is 1. The number of rotatable bonds is 6. The first-order chi connectivity index (χ1) is 14.6. The molecule has 0 spiro atoms. The van der Waals surface area contributed by atoms with E-state index in [1.54, 1.807) is 55.8 Å². The third-order valence-electron chi connectivity index (χ3n) is 4.56. The Morgan fingerprint density at radius 3 is 2.80 bits per heavy atom. The van der Waals surface area contributed by atoms with E-state index in [9.17, 15) is 15.2 Å². The molecule has 0 unspecified atom stereocenters. The minimum atomic E-state index is -1.05. The number of nitriles is 1. The van der Waals surface area contributed by atoms with E-state index >= 15 is 0 Å². The van der Waals surface area contributed by atoms with Gasteiger partial charge in [-0.25, -0.2) is 4.79 Å². The fourth-order valence-corrected chi connectivity index (χ4v) is 3.16. The van der Waals surface area contributed by atoms with Crippen LogP contribution in [0.25, 0.3) is 21.8 Å². The maximum absolute atomic E-state index is 11.3. The predicted molar refractivity (Wildman–Crippen MR) is 109 cm³/mol. The van der Waals surface area contributed by atoms with Gasteiger partial charge in [-0.05, 0) is 36.4 Å². The quantitative estimate of drug-likeness (QED) is 0.475. The average Bonchev–Trinajstić information content (AvgIpc) is 3.17. The molecule has 0 aliphatic carbocycles. The van der Waals surface area contributed by atoms with Crippen molar-refractivity contribution < 1.29 is 24.1 Å². The number of nitrogens with zero attached hydrogens (tertiary/aromatic N) is 3. The van der Waals surface area contributed by atoms with E-state index in [2.05, 4.69) is 11.1 Å². The van der Waals surface area contributed by atoms with Crippen molar-refractivity contribution in [1.82, 2.24) is 9.55 Å². The van der Waals surface area contributed by atoms with Crippen LogP contribution in [0.3, 0.4) is 0 Å². The zero-order valence-corrected chi connectivity index (χ0v) is 16.0. The normalized spacial score (nSPS) is 10.8. The van der Waals surface area contributed by atoms with Gasteiger partial charge < -0.3 is 19.3 Å². The molecule has 0 saturated carbocycles. The number of methoxy groups -OCH3 is 1. The average molecular weight is 403 g/mol. The molecule has 8 heteroatoms. The molecule has 8 nitrogen and oxygen atoms in total. The second kappa shape index (κ2) is 8.11. The molecule has 30 heavy (non-hydrogen) atoms. The third kappa shape index (κ3) is 3.62. The highest BCUT2D eigenvalue weighted by Gasteiger charge is 2.13. The lowest BCUT2D eigenvalue weighted by Crippen LogP contribution is -2.05. The standard InChI is InChI=1S/C22H17N3O5/c1-28-8-9-29-21-12-18-17(11-15(21)13-23)20(4-6-24-18)30-16-2-3-19-14(10-16)5-7-25(19)22(26)27/h2-7,10-12H,8-9H2,1H3,(H,26,27). The van der Waals surface area contributed by atoms with Crippen LogP contribution in [0.4, 0.5) is 4.79 Å². The lowest BCUT2D eigenvalue weighted by atomic mass is 10.1. The Kier molecular flexibility index (Phi) is 5.20. The van der Waals surface area contributed by atoms with Gasteiger partial charge in [0.15, 0.2) is 0 Å². The van der Waals surface area contributed by atoms with Crippen molar-refractivity contribution in [2.45, 2.75) is 0 Å². The summed E-state index contributed by atoms with van der Waals surface area (Å²) in [5.74, 6) is 1.50. The van der Waals surface area contributed by atoms with Crippen LogP contribution in [-0.2, 0) is 4.74 Å². The summed E-state index contributed by atoms with van der Waals surface area (Å²) in [6, 6.07) is 14.1. The molecule has 0 saturated heterocycles. The number of hydrogen-bond acceptors (Lipinski definition) is 6. The SMILES string of the molecule is COCCOc1cc2nccc(Oc3ccc4c(ccn4C(=O)O)c3)c2cc1C#N. The Bertz CT molecular complexity index is 1290. The summed E-state index contributed by atoms with van der Waals surface area (Å²) >= 11 is 0. The lowest BCUT2D eigenvalue weighted by molar-refractivity contribution is 0.146. The van der Waals surface area contributed by atoms with Crippen molar-refractivity contribution in [3.05, 3.63) is 60.4 Å². The summed E-state index contributed by atoms with van der Waals surface area (Å²) < 4.78 is 17.8. The number of carbonyl (C=O) groups is 1. The Hall–Kier alpha value is -4.09. The van der Waals surface area contributed by atoms with Gasteiger partial charge in [0.05, 0.1) is 23.2 Å². The molecule has 0 fully saturated rings. The van der Waals surface area contributed by atoms with Gasteiger partial charge in [0.2, 0.25) is 0 Å². The van der Waals surface area contributed by atoms with Crippen LogP contribution in [-0.4, -0.2) is 41.1 Å². The molecule has 0 atom stereocenters. The van der Waals surface area contributed by atoms with Crippen LogP contribution in [0.15, 0.2) is 54.9 Å². The molecule has 2 heterocycles. The molecule has 0 aliphatic heterocycles. The Labute approximate surface area is 171 Å². The number of hydrogen-bond donors (Lipinski definition) is 1. The van der Waals surface area contributed by atoms with Crippen LogP contribution in [0.5, 0.6) is 17.2 Å². The van der Waals surface area contributed by atoms with Gasteiger partial charge in [0.25, 0.3) is 0 Å². The zero-order chi connectivity index (χ0) is 21.1. The molecule has 0 radical (unpaired) electrons. The van der Waals surface area contributed by atoms with Gasteiger partial charge >= 0.3 is 6.09 Å². The van der Waals surface area contributed by atoms with E-state index in [1.807, 2.05) is 0 Å². The molecular formula is C22H17N3O5. The van der Waals surface area contributed by atoms with Crippen molar-refractivity contribution >= 4 is 27.9 Å². The highest BCUT2D eigenvalue weighted by molar-refractivity contribution is 5.90. The monoisotopic (exact) mass is 403 g/mol. The van der Waals surface area contributed by atoms with E-state index in [0.717, 1.165) is 9.95 Å². The van der Waals surface area contributed by atoms with Gasteiger partial charge in [0, 0.05) is 36.3 Å². The van der Waals surface area contributed by atoms with E-state index in [-0.39, 0.29) is 0 Å². The van der Waals surface area contributed by atoms with Crippen molar-refractivity contribution in [3.8, 4) is 23.3 Å². The maximum atomic E-state index is 11.3. The second-order valence-electron chi connectivity index (χ2n) is 6.42. The van der Waals surface area contributed by atoms with Crippen LogP contribution in [0.2, 0.25) is 0 Å². The summed E-state index contributed by atoms with van der Waals surface area (Å²) in [4.78, 5) is 15.6. The Balaban J connectivity index is 1.70. The van der Waals surface area contributed by atoms with Gasteiger partial charge in [-0.3, -0.25) is 9.55 Å². The summed E-state index contributed by atoms with van der Waals surface area (Å²) in [6.45, 7) is 0.731. The van der Waals surface area contributed by atoms with Gasteiger partial charge in [-0.15, -0.1) is 0 Å². The molecule has 4 rings (SSSR count). The van der Waals surface area contributed by atoms with E-state index in [4.69, 9.17) is 14.2 Å². The van der Waals surface area contributed by atoms with Crippen molar-refractivity contribution in [1.29, 1.82) is 5.26 Å². The van der Waals surface area contributed by atoms with E-state index in [0.29, 0.717) is 52.4 Å². The lowest BCUT2D eigenvalue weighted by Gasteiger charge is -2.12. The number of aromatic nitrogens is 2. The summed E-state index contributed by atoms with van der Waals surface area (Å²) in [5.41, 5.74) is 1.56. The molecule has 1 N–H and O–H groups in total. The van der Waals surface area contributed by atoms with Gasteiger partial charge in [0.1, 0.15) is 29.9 Å². The van der Waals surface area contributed by atoms with Crippen LogP contribution >= 0.6 is 0 Å². The molecule has 0 amide bonds.